The van der Waals surface area contributed by atoms with Crippen LogP contribution in [0, 0.1) is 5.82 Å². The number of hydrogen-bond acceptors (Lipinski definition) is 3. The van der Waals surface area contributed by atoms with Crippen molar-refractivity contribution in [1.82, 2.24) is 4.90 Å². The maximum Gasteiger partial charge on any atom is 0.257 e. The molecule has 1 rings (SSSR count). The summed E-state index contributed by atoms with van der Waals surface area (Å²) < 4.78 is 38.0. The van der Waals surface area contributed by atoms with Crippen LogP contribution in [0.4, 0.5) is 13.2 Å². The van der Waals surface area contributed by atoms with Gasteiger partial charge in [0.05, 0.1) is 12.1 Å². The van der Waals surface area contributed by atoms with E-state index in [1.54, 1.807) is 0 Å². The molecule has 0 bridgehead atoms. The number of alkyl halides is 2. The number of aromatic hydroxyl groups is 1. The molecule has 0 fully saturated rings. The van der Waals surface area contributed by atoms with Crippen LogP contribution in [0.25, 0.3) is 0 Å². The molecule has 7 heteroatoms. The fraction of sp³-hybridized carbons (Fsp3) is 0.364. The molecule has 0 heterocycles. The van der Waals surface area contributed by atoms with Gasteiger partial charge in [0.2, 0.25) is 0 Å². The predicted octanol–water partition coefficient (Wildman–Crippen LogP) is 1.20. The molecule has 0 unspecified atom stereocenters. The first-order chi connectivity index (χ1) is 8.45. The van der Waals surface area contributed by atoms with Gasteiger partial charge in [0, 0.05) is 19.2 Å². The highest BCUT2D eigenvalue weighted by Gasteiger charge is 2.21. The number of nitrogens with two attached hydrogens (primary N) is 1. The highest BCUT2D eigenvalue weighted by molar-refractivity contribution is 5.94. The zero-order valence-electron chi connectivity index (χ0n) is 9.44. The van der Waals surface area contributed by atoms with E-state index in [0.717, 1.165) is 23.1 Å². The van der Waals surface area contributed by atoms with Gasteiger partial charge in [-0.3, -0.25) is 4.79 Å². The summed E-state index contributed by atoms with van der Waals surface area (Å²) in [7, 11) is 0. The molecule has 1 aromatic carbocycles. The zero-order chi connectivity index (χ0) is 13.7. The van der Waals surface area contributed by atoms with Crippen molar-refractivity contribution in [2.75, 3.05) is 19.6 Å². The van der Waals surface area contributed by atoms with Crippen molar-refractivity contribution in [3.05, 3.63) is 29.6 Å². The molecule has 1 aromatic rings. The van der Waals surface area contributed by atoms with Gasteiger partial charge in [-0.05, 0) is 12.1 Å². The summed E-state index contributed by atoms with van der Waals surface area (Å²) in [5.41, 5.74) is 4.84. The molecule has 4 nitrogen and oxygen atoms in total. The molecule has 0 aromatic heterocycles. The van der Waals surface area contributed by atoms with E-state index in [1.165, 1.54) is 0 Å². The Kier molecular flexibility index (Phi) is 4.96. The predicted molar refractivity (Wildman–Crippen MR) is 59.0 cm³/mol. The number of halogens is 3. The van der Waals surface area contributed by atoms with Gasteiger partial charge in [-0.15, -0.1) is 0 Å². The zero-order valence-corrected chi connectivity index (χ0v) is 9.44. The van der Waals surface area contributed by atoms with Crippen molar-refractivity contribution in [2.24, 2.45) is 5.73 Å². The fourth-order valence-electron chi connectivity index (χ4n) is 1.45. The third-order valence-electron chi connectivity index (χ3n) is 2.23. The normalized spacial score (nSPS) is 10.7. The van der Waals surface area contributed by atoms with Crippen molar-refractivity contribution in [2.45, 2.75) is 6.43 Å². The smallest absolute Gasteiger partial charge is 0.257 e. The maximum atomic E-state index is 13.4. The number of amides is 1. The molecule has 0 aliphatic rings. The Bertz CT molecular complexity index is 427. The van der Waals surface area contributed by atoms with Crippen LogP contribution in [-0.4, -0.2) is 42.0 Å². The minimum atomic E-state index is -2.72. The first-order valence-electron chi connectivity index (χ1n) is 5.21. The Labute approximate surface area is 102 Å². The second-order valence-corrected chi connectivity index (χ2v) is 3.60. The lowest BCUT2D eigenvalue weighted by Crippen LogP contribution is -2.39. The van der Waals surface area contributed by atoms with Crippen molar-refractivity contribution >= 4 is 5.91 Å². The summed E-state index contributed by atoms with van der Waals surface area (Å²) in [5.74, 6) is -2.18. The lowest BCUT2D eigenvalue weighted by atomic mass is 10.1. The number of carbonyl (C=O) groups is 1. The van der Waals surface area contributed by atoms with Crippen LogP contribution in [0.1, 0.15) is 10.4 Å². The number of benzene rings is 1. The van der Waals surface area contributed by atoms with E-state index < -0.39 is 24.7 Å². The minimum Gasteiger partial charge on any atom is -0.508 e. The molecule has 0 radical (unpaired) electrons. The Morgan fingerprint density at radius 1 is 1.44 bits per heavy atom. The first kappa shape index (κ1) is 14.3. The van der Waals surface area contributed by atoms with E-state index in [9.17, 15) is 18.0 Å². The lowest BCUT2D eigenvalue weighted by Gasteiger charge is -2.21. The largest absolute Gasteiger partial charge is 0.508 e. The molecule has 3 N–H and O–H groups in total. The van der Waals surface area contributed by atoms with Crippen LogP contribution in [0.3, 0.4) is 0 Å². The van der Waals surface area contributed by atoms with Gasteiger partial charge in [0.25, 0.3) is 12.3 Å². The SMILES string of the molecule is NCCN(CC(F)F)C(=O)c1ccc(O)cc1F. The molecule has 18 heavy (non-hydrogen) atoms. The van der Waals surface area contributed by atoms with Crippen LogP contribution in [0.5, 0.6) is 5.75 Å². The average Bonchev–Trinajstić information content (AvgIpc) is 2.27. The van der Waals surface area contributed by atoms with Gasteiger partial charge in [-0.1, -0.05) is 0 Å². The van der Waals surface area contributed by atoms with Crippen LogP contribution in [0.15, 0.2) is 18.2 Å². The topological polar surface area (TPSA) is 66.6 Å². The van der Waals surface area contributed by atoms with E-state index in [0.29, 0.717) is 0 Å². The molecular formula is C11H13F3N2O2. The molecule has 0 saturated heterocycles. The summed E-state index contributed by atoms with van der Waals surface area (Å²) in [6.07, 6.45) is -2.72. The molecule has 0 atom stereocenters. The number of nitrogens with zero attached hydrogens (tertiary/aromatic N) is 1. The maximum absolute atomic E-state index is 13.4. The fourth-order valence-corrected chi connectivity index (χ4v) is 1.45. The van der Waals surface area contributed by atoms with Gasteiger partial charge in [0.1, 0.15) is 11.6 Å². The average molecular weight is 262 g/mol. The second kappa shape index (κ2) is 6.25. The summed E-state index contributed by atoms with van der Waals surface area (Å²) in [6.45, 7) is -0.905. The molecule has 0 spiro atoms. The highest BCUT2D eigenvalue weighted by atomic mass is 19.3. The highest BCUT2D eigenvalue weighted by Crippen LogP contribution is 2.17. The van der Waals surface area contributed by atoms with E-state index in [4.69, 9.17) is 10.8 Å². The van der Waals surface area contributed by atoms with Crippen LogP contribution in [-0.2, 0) is 0 Å². The van der Waals surface area contributed by atoms with Crippen LogP contribution < -0.4 is 5.73 Å². The number of phenols is 1. The van der Waals surface area contributed by atoms with E-state index in [2.05, 4.69) is 0 Å². The summed E-state index contributed by atoms with van der Waals surface area (Å²) in [6, 6.07) is 2.90. The van der Waals surface area contributed by atoms with E-state index >= 15 is 0 Å². The van der Waals surface area contributed by atoms with Gasteiger partial charge in [-0.2, -0.15) is 0 Å². The van der Waals surface area contributed by atoms with Gasteiger partial charge < -0.3 is 15.7 Å². The minimum absolute atomic E-state index is 0.00182. The van der Waals surface area contributed by atoms with Crippen LogP contribution in [0.2, 0.25) is 0 Å². The molecule has 0 saturated carbocycles. The third kappa shape index (κ3) is 3.63. The van der Waals surface area contributed by atoms with Crippen molar-refractivity contribution in [1.29, 1.82) is 0 Å². The summed E-state index contributed by atoms with van der Waals surface area (Å²) in [5, 5.41) is 9.00. The first-order valence-corrected chi connectivity index (χ1v) is 5.21. The standard InChI is InChI=1S/C11H13F3N2O2/c12-9-5-7(17)1-2-8(9)11(18)16(4-3-15)6-10(13)14/h1-2,5,10,17H,3-4,6,15H2. The van der Waals surface area contributed by atoms with Gasteiger partial charge in [-0.25, -0.2) is 13.2 Å². The van der Waals surface area contributed by atoms with Crippen molar-refractivity contribution in [3.63, 3.8) is 0 Å². The molecular weight excluding hydrogens is 249 g/mol. The second-order valence-electron chi connectivity index (χ2n) is 3.60. The Morgan fingerprint density at radius 3 is 2.61 bits per heavy atom. The quantitative estimate of drug-likeness (QED) is 0.837. The Hall–Kier alpha value is -1.76. The molecule has 100 valence electrons. The Morgan fingerprint density at radius 2 is 2.11 bits per heavy atom. The number of phenolic OH excluding ortho intramolecular Hbond substituents is 1. The summed E-state index contributed by atoms with van der Waals surface area (Å²) >= 11 is 0. The third-order valence-corrected chi connectivity index (χ3v) is 2.23. The molecule has 0 aliphatic carbocycles. The summed E-state index contributed by atoms with van der Waals surface area (Å²) in [4.78, 5) is 12.6. The monoisotopic (exact) mass is 262 g/mol. The van der Waals surface area contributed by atoms with E-state index in [-0.39, 0.29) is 24.4 Å². The van der Waals surface area contributed by atoms with E-state index in [1.807, 2.05) is 0 Å². The molecule has 0 aliphatic heterocycles. The van der Waals surface area contributed by atoms with Gasteiger partial charge >= 0.3 is 0 Å². The van der Waals surface area contributed by atoms with Crippen molar-refractivity contribution in [3.8, 4) is 5.75 Å². The number of carbonyl (C=O) groups excluding carboxylic acids is 1. The number of hydrogen-bond donors (Lipinski definition) is 2. The molecule has 1 amide bonds. The lowest BCUT2D eigenvalue weighted by molar-refractivity contribution is 0.0559. The van der Waals surface area contributed by atoms with Crippen LogP contribution >= 0.6 is 0 Å². The van der Waals surface area contributed by atoms with Crippen molar-refractivity contribution < 1.29 is 23.1 Å². The number of rotatable bonds is 5. The van der Waals surface area contributed by atoms with Gasteiger partial charge in [0.15, 0.2) is 0 Å². The Balaban J connectivity index is 2.94.